The van der Waals surface area contributed by atoms with E-state index < -0.39 is 29.9 Å². The fraction of sp³-hybridized carbons (Fsp3) is 0.400. The number of hydrogen-bond donors (Lipinski definition) is 3. The zero-order valence-electron chi connectivity index (χ0n) is 9.71. The number of hydrogen-bond acceptors (Lipinski definition) is 6. The van der Waals surface area contributed by atoms with Crippen LogP contribution in [0.15, 0.2) is 12.5 Å². The summed E-state index contributed by atoms with van der Waals surface area (Å²) in [4.78, 5) is 39.6. The maximum atomic E-state index is 11.8. The molecule has 1 heterocycles. The Labute approximate surface area is 112 Å². The van der Waals surface area contributed by atoms with Crippen molar-refractivity contribution in [3.63, 3.8) is 0 Å². The first kappa shape index (κ1) is 15.1. The fourth-order valence-corrected chi connectivity index (χ4v) is 1.53. The number of Topliss-reactive ketones (excluding diaryl/α,β-unsaturated/α-hetero) is 1. The van der Waals surface area contributed by atoms with E-state index in [1.165, 1.54) is 12.5 Å². The number of nitrogens with zero attached hydrogens (tertiary/aromatic N) is 1. The van der Waals surface area contributed by atoms with Crippen molar-refractivity contribution < 1.29 is 24.2 Å². The van der Waals surface area contributed by atoms with Crippen LogP contribution < -0.4 is 5.73 Å². The molecule has 8 nitrogen and oxygen atoms in total. The summed E-state index contributed by atoms with van der Waals surface area (Å²) in [7, 11) is 0. The minimum atomic E-state index is -1.80. The number of nitrogens with two attached hydrogens (primary N) is 1. The highest BCUT2D eigenvalue weighted by Crippen LogP contribution is 2.05. The summed E-state index contributed by atoms with van der Waals surface area (Å²) in [6, 6.07) is -0.981. The molecular formula is C10H12ClN3O5. The van der Waals surface area contributed by atoms with Crippen LogP contribution in [0.2, 0.25) is 0 Å². The highest BCUT2D eigenvalue weighted by atomic mass is 35.5. The molecule has 1 aromatic rings. The molecule has 0 spiro atoms. The van der Waals surface area contributed by atoms with E-state index in [2.05, 4.69) is 14.7 Å². The maximum absolute atomic E-state index is 11.8. The first-order valence-electron chi connectivity index (χ1n) is 5.22. The number of ether oxygens (including phenoxy) is 1. The average molecular weight is 290 g/mol. The molecule has 0 aliphatic rings. The molecule has 1 unspecified atom stereocenters. The van der Waals surface area contributed by atoms with Gasteiger partial charge in [-0.2, -0.15) is 0 Å². The van der Waals surface area contributed by atoms with E-state index in [1.807, 2.05) is 0 Å². The van der Waals surface area contributed by atoms with Crippen molar-refractivity contribution in [2.75, 3.05) is 5.88 Å². The molecule has 0 saturated carbocycles. The van der Waals surface area contributed by atoms with Gasteiger partial charge in [-0.3, -0.25) is 4.79 Å². The number of carbonyl (C=O) groups excluding carboxylic acids is 2. The third-order valence-electron chi connectivity index (χ3n) is 2.24. The van der Waals surface area contributed by atoms with Gasteiger partial charge in [0.2, 0.25) is 0 Å². The molecule has 0 aliphatic carbocycles. The average Bonchev–Trinajstić information content (AvgIpc) is 2.87. The molecule has 0 saturated heterocycles. The Hall–Kier alpha value is -1.93. The number of nitrogens with one attached hydrogen (secondary N) is 1. The van der Waals surface area contributed by atoms with Gasteiger partial charge in [0.15, 0.2) is 11.9 Å². The summed E-state index contributed by atoms with van der Waals surface area (Å²) in [6.45, 7) is 0. The molecule has 1 aromatic heterocycles. The number of H-pyrrole nitrogens is 1. The second kappa shape index (κ2) is 6.86. The van der Waals surface area contributed by atoms with E-state index in [0.29, 0.717) is 5.69 Å². The number of alkyl halides is 1. The molecule has 1 rings (SSSR count). The summed E-state index contributed by atoms with van der Waals surface area (Å²) in [6.07, 6.45) is 1.68. The summed E-state index contributed by atoms with van der Waals surface area (Å²) >= 11 is 5.47. The number of esters is 1. The van der Waals surface area contributed by atoms with Crippen LogP contribution in [0.3, 0.4) is 0 Å². The van der Waals surface area contributed by atoms with E-state index in [9.17, 15) is 14.4 Å². The van der Waals surface area contributed by atoms with Crippen LogP contribution >= 0.6 is 11.6 Å². The van der Waals surface area contributed by atoms with Crippen LogP contribution in [0.1, 0.15) is 5.69 Å². The summed E-state index contributed by atoms with van der Waals surface area (Å²) in [5.41, 5.74) is 6.27. The van der Waals surface area contributed by atoms with Gasteiger partial charge >= 0.3 is 11.9 Å². The Morgan fingerprint density at radius 1 is 1.53 bits per heavy atom. The molecule has 0 aromatic carbocycles. The predicted octanol–water partition coefficient (Wildman–Crippen LogP) is -0.916. The lowest BCUT2D eigenvalue weighted by Gasteiger charge is -2.16. The summed E-state index contributed by atoms with van der Waals surface area (Å²) < 4.78 is 4.44. The molecule has 4 N–H and O–H groups in total. The topological polar surface area (TPSA) is 135 Å². The van der Waals surface area contributed by atoms with Crippen molar-refractivity contribution in [3.8, 4) is 0 Å². The molecule has 9 heteroatoms. The van der Waals surface area contributed by atoms with Gasteiger partial charge in [-0.15, -0.1) is 11.6 Å². The maximum Gasteiger partial charge on any atom is 0.418 e. The predicted molar refractivity (Wildman–Crippen MR) is 63.5 cm³/mol. The van der Waals surface area contributed by atoms with Crippen LogP contribution in [0, 0.1) is 0 Å². The van der Waals surface area contributed by atoms with Crippen molar-refractivity contribution in [1.82, 2.24) is 9.97 Å². The number of carboxylic acid groups (broad SMARTS) is 1. The number of rotatable bonds is 6. The Balaban J connectivity index is 2.62. The van der Waals surface area contributed by atoms with Crippen LogP contribution in [0.4, 0.5) is 0 Å². The Kier molecular flexibility index (Phi) is 5.46. The SMILES string of the molecule is N[C@@H](Cc1cnc[nH]1)C(=O)C(CCl)OC(=O)C(=O)O. The van der Waals surface area contributed by atoms with Gasteiger partial charge in [0.1, 0.15) is 0 Å². The second-order valence-corrected chi connectivity index (χ2v) is 3.95. The number of halogens is 1. The molecule has 0 amide bonds. The molecule has 0 radical (unpaired) electrons. The quantitative estimate of drug-likeness (QED) is 0.350. The first-order chi connectivity index (χ1) is 8.95. The summed E-state index contributed by atoms with van der Waals surface area (Å²) in [5.74, 6) is -4.37. The van der Waals surface area contributed by atoms with E-state index >= 15 is 0 Å². The zero-order valence-corrected chi connectivity index (χ0v) is 10.5. The molecule has 104 valence electrons. The number of aliphatic carboxylic acids is 1. The highest BCUT2D eigenvalue weighted by Gasteiger charge is 2.29. The van der Waals surface area contributed by atoms with Gasteiger partial charge in [-0.25, -0.2) is 14.6 Å². The lowest BCUT2D eigenvalue weighted by atomic mass is 10.0. The van der Waals surface area contributed by atoms with E-state index in [4.69, 9.17) is 22.4 Å². The minimum Gasteiger partial charge on any atom is -0.473 e. The highest BCUT2D eigenvalue weighted by molar-refractivity contribution is 6.29. The van der Waals surface area contributed by atoms with Gasteiger partial charge in [0, 0.05) is 18.3 Å². The molecule has 19 heavy (non-hydrogen) atoms. The van der Waals surface area contributed by atoms with Gasteiger partial charge < -0.3 is 20.6 Å². The normalized spacial score (nSPS) is 13.6. The van der Waals surface area contributed by atoms with Gasteiger partial charge in [-0.1, -0.05) is 0 Å². The smallest absolute Gasteiger partial charge is 0.418 e. The Morgan fingerprint density at radius 2 is 2.21 bits per heavy atom. The van der Waals surface area contributed by atoms with Crippen molar-refractivity contribution in [1.29, 1.82) is 0 Å². The van der Waals surface area contributed by atoms with Gasteiger partial charge in [0.25, 0.3) is 0 Å². The molecule has 0 aliphatic heterocycles. The molecule has 0 bridgehead atoms. The van der Waals surface area contributed by atoms with E-state index in [1.54, 1.807) is 0 Å². The molecule has 2 atom stereocenters. The largest absolute Gasteiger partial charge is 0.473 e. The third-order valence-corrected chi connectivity index (χ3v) is 2.52. The third kappa shape index (κ3) is 4.34. The van der Waals surface area contributed by atoms with E-state index in [-0.39, 0.29) is 12.3 Å². The Morgan fingerprint density at radius 3 is 2.68 bits per heavy atom. The monoisotopic (exact) mass is 289 g/mol. The zero-order chi connectivity index (χ0) is 14.4. The van der Waals surface area contributed by atoms with Gasteiger partial charge in [-0.05, 0) is 0 Å². The molecular weight excluding hydrogens is 278 g/mol. The number of aromatic nitrogens is 2. The molecule has 0 fully saturated rings. The number of ketones is 1. The number of carboxylic acids is 1. The standard InChI is InChI=1S/C10H12ClN3O5/c11-2-7(19-10(18)9(16)17)8(15)6(12)1-5-3-13-4-14-5/h3-4,6-7H,1-2,12H2,(H,13,14)(H,16,17)/t6-,7?/m0/s1. The minimum absolute atomic E-state index is 0.150. The van der Waals surface area contributed by atoms with Crippen molar-refractivity contribution in [2.24, 2.45) is 5.73 Å². The van der Waals surface area contributed by atoms with Crippen LogP contribution in [-0.2, 0) is 25.5 Å². The van der Waals surface area contributed by atoms with Crippen LogP contribution in [0.25, 0.3) is 0 Å². The number of imidazole rings is 1. The Bertz CT molecular complexity index is 462. The lowest BCUT2D eigenvalue weighted by molar-refractivity contribution is -0.168. The summed E-state index contributed by atoms with van der Waals surface area (Å²) in [5, 5.41) is 8.38. The van der Waals surface area contributed by atoms with E-state index in [0.717, 1.165) is 0 Å². The van der Waals surface area contributed by atoms with Crippen molar-refractivity contribution in [3.05, 3.63) is 18.2 Å². The van der Waals surface area contributed by atoms with Crippen LogP contribution in [-0.4, -0.2) is 50.8 Å². The van der Waals surface area contributed by atoms with Crippen molar-refractivity contribution in [2.45, 2.75) is 18.6 Å². The lowest BCUT2D eigenvalue weighted by Crippen LogP contribution is -2.44. The van der Waals surface area contributed by atoms with Gasteiger partial charge in [0.05, 0.1) is 18.2 Å². The number of carbonyl (C=O) groups is 3. The first-order valence-corrected chi connectivity index (χ1v) is 5.75. The van der Waals surface area contributed by atoms with Crippen molar-refractivity contribution >= 4 is 29.3 Å². The number of aromatic amines is 1. The fourth-order valence-electron chi connectivity index (χ4n) is 1.32. The van der Waals surface area contributed by atoms with Crippen LogP contribution in [0.5, 0.6) is 0 Å². The second-order valence-electron chi connectivity index (χ2n) is 3.64.